The molecular weight excluding hydrogens is 271 g/mol. The van der Waals surface area contributed by atoms with Gasteiger partial charge in [-0.15, -0.1) is 0 Å². The number of nitrogens with one attached hydrogen (secondary N) is 1. The van der Waals surface area contributed by atoms with Crippen LogP contribution in [0.25, 0.3) is 0 Å². The van der Waals surface area contributed by atoms with E-state index in [1.165, 1.54) is 24.3 Å². The van der Waals surface area contributed by atoms with Crippen molar-refractivity contribution < 1.29 is 52.7 Å². The van der Waals surface area contributed by atoms with Gasteiger partial charge in [-0.1, -0.05) is 0 Å². The van der Waals surface area contributed by atoms with E-state index in [0.29, 0.717) is 0 Å². The molecule has 92 valence electrons. The van der Waals surface area contributed by atoms with E-state index in [0.717, 1.165) is 0 Å². The summed E-state index contributed by atoms with van der Waals surface area (Å²) in [5, 5.41) is 17.2. The normalized spacial score (nSPS) is 10.3. The number of aliphatic carboxylic acids is 1. The molecule has 0 fully saturated rings. The first-order valence-corrected chi connectivity index (χ1v) is 5.96. The number of hydrogen-bond donors (Lipinski definition) is 2. The molecule has 0 saturated carbocycles. The molecule has 0 aliphatic heterocycles. The van der Waals surface area contributed by atoms with Gasteiger partial charge in [0.15, 0.2) is 0 Å². The fraction of sp³-hybridized carbons (Fsp3) is 0.111. The first-order chi connectivity index (χ1) is 7.79. The fourth-order valence-corrected chi connectivity index (χ4v) is 1.58. The number of carboxylic acids is 1. The minimum absolute atomic E-state index is 0. The van der Waals surface area contributed by atoms with Crippen molar-refractivity contribution in [3.63, 3.8) is 0 Å². The van der Waals surface area contributed by atoms with Crippen molar-refractivity contribution in [3.8, 4) is 0 Å². The fourth-order valence-electron chi connectivity index (χ4n) is 1.06. The summed E-state index contributed by atoms with van der Waals surface area (Å²) in [4.78, 5) is 21.0. The minimum atomic E-state index is -3.78. The number of anilines is 1. The van der Waals surface area contributed by atoms with E-state index in [1.54, 1.807) is 0 Å². The molecule has 0 spiro atoms. The number of carbonyl (C=O) groups is 2. The molecule has 0 atom stereocenters. The Balaban J connectivity index is 0.00000289. The van der Waals surface area contributed by atoms with Crippen LogP contribution in [0, 0.1) is 0 Å². The summed E-state index contributed by atoms with van der Waals surface area (Å²) >= 11 is 0. The van der Waals surface area contributed by atoms with Crippen LogP contribution in [0.2, 0.25) is 0 Å². The van der Waals surface area contributed by atoms with Gasteiger partial charge in [0.25, 0.3) is 0 Å². The Labute approximate surface area is 126 Å². The third-order valence-electron chi connectivity index (χ3n) is 1.77. The van der Waals surface area contributed by atoms with Gasteiger partial charge in [-0.2, -0.15) is 0 Å². The van der Waals surface area contributed by atoms with E-state index in [9.17, 15) is 23.1 Å². The van der Waals surface area contributed by atoms with Gasteiger partial charge in [-0.3, -0.25) is 4.79 Å². The van der Waals surface area contributed by atoms with E-state index < -0.39 is 28.3 Å². The van der Waals surface area contributed by atoms with E-state index in [-0.39, 0.29) is 40.1 Å². The van der Waals surface area contributed by atoms with E-state index in [4.69, 9.17) is 5.14 Å². The number of primary sulfonamides is 1. The van der Waals surface area contributed by atoms with Crippen LogP contribution >= 0.6 is 0 Å². The third-order valence-corrected chi connectivity index (χ3v) is 2.70. The average Bonchev–Trinajstić information content (AvgIpc) is 2.15. The number of hydrogen-bond acceptors (Lipinski definition) is 5. The van der Waals surface area contributed by atoms with E-state index in [1.807, 2.05) is 0 Å². The van der Waals surface area contributed by atoms with Crippen molar-refractivity contribution in [2.45, 2.75) is 11.3 Å². The molecule has 9 heteroatoms. The summed E-state index contributed by atoms with van der Waals surface area (Å²) in [5.41, 5.74) is 0.267. The van der Waals surface area contributed by atoms with Crippen molar-refractivity contribution in [1.29, 1.82) is 0 Å². The zero-order valence-electron chi connectivity index (χ0n) is 9.54. The number of sulfonamides is 1. The second-order valence-corrected chi connectivity index (χ2v) is 4.73. The standard InChI is InChI=1S/C9H10N2O5S.Na/c10-17(15,16)7-3-1-6(2-4-7)11-8(12)5-9(13)14;/h1-4H,5H2,(H,11,12)(H,13,14)(H2,10,15,16);/q;+1/p-1. The van der Waals surface area contributed by atoms with Gasteiger partial charge in [0.05, 0.1) is 17.3 Å². The molecule has 1 aromatic rings. The molecule has 1 aromatic carbocycles. The number of amides is 1. The van der Waals surface area contributed by atoms with Gasteiger partial charge >= 0.3 is 29.6 Å². The Morgan fingerprint density at radius 3 is 2.11 bits per heavy atom. The van der Waals surface area contributed by atoms with Crippen LogP contribution in [0.3, 0.4) is 0 Å². The summed E-state index contributed by atoms with van der Waals surface area (Å²) in [7, 11) is -3.78. The van der Waals surface area contributed by atoms with Gasteiger partial charge in [-0.05, 0) is 24.3 Å². The molecule has 3 N–H and O–H groups in total. The Kier molecular flexibility index (Phi) is 6.50. The second kappa shape index (κ2) is 6.86. The third kappa shape index (κ3) is 5.61. The summed E-state index contributed by atoms with van der Waals surface area (Å²) in [6, 6.07) is 4.99. The smallest absolute Gasteiger partial charge is 0.550 e. The Morgan fingerprint density at radius 2 is 1.72 bits per heavy atom. The van der Waals surface area contributed by atoms with Crippen molar-refractivity contribution in [2.75, 3.05) is 5.32 Å². The Bertz CT molecular complexity index is 541. The van der Waals surface area contributed by atoms with Gasteiger partial charge < -0.3 is 15.2 Å². The molecule has 0 heterocycles. The number of nitrogens with two attached hydrogens (primary N) is 1. The Hall–Kier alpha value is -0.930. The molecular formula is C9H9N2NaO5S. The maximum Gasteiger partial charge on any atom is 1.00 e. The Morgan fingerprint density at radius 1 is 1.22 bits per heavy atom. The maximum atomic E-state index is 11.0. The molecule has 0 aliphatic rings. The van der Waals surface area contributed by atoms with Crippen LogP contribution in [0.15, 0.2) is 29.2 Å². The van der Waals surface area contributed by atoms with Crippen molar-refractivity contribution in [1.82, 2.24) is 0 Å². The zero-order chi connectivity index (χ0) is 13.1. The van der Waals surface area contributed by atoms with Gasteiger partial charge in [0, 0.05) is 5.69 Å². The summed E-state index contributed by atoms with van der Waals surface area (Å²) in [6.07, 6.45) is -0.767. The first-order valence-electron chi connectivity index (χ1n) is 4.41. The molecule has 18 heavy (non-hydrogen) atoms. The van der Waals surface area contributed by atoms with Crippen LogP contribution in [0.4, 0.5) is 5.69 Å². The van der Waals surface area contributed by atoms with Crippen molar-refractivity contribution in [2.24, 2.45) is 5.14 Å². The van der Waals surface area contributed by atoms with E-state index >= 15 is 0 Å². The van der Waals surface area contributed by atoms with Crippen LogP contribution in [0.5, 0.6) is 0 Å². The van der Waals surface area contributed by atoms with Gasteiger partial charge in [0.2, 0.25) is 15.9 Å². The van der Waals surface area contributed by atoms with Gasteiger partial charge in [0.1, 0.15) is 0 Å². The summed E-state index contributed by atoms with van der Waals surface area (Å²) in [5.74, 6) is -2.25. The molecule has 0 saturated heterocycles. The number of carboxylic acid groups (broad SMARTS) is 1. The van der Waals surface area contributed by atoms with Crippen LogP contribution < -0.4 is 45.1 Å². The summed E-state index contributed by atoms with van der Waals surface area (Å²) < 4.78 is 21.8. The predicted octanol–water partition coefficient (Wildman–Crippen LogP) is -4.58. The van der Waals surface area contributed by atoms with Crippen LogP contribution in [-0.4, -0.2) is 20.3 Å². The summed E-state index contributed by atoms with van der Waals surface area (Å²) in [6.45, 7) is 0. The first kappa shape index (κ1) is 17.1. The predicted molar refractivity (Wildman–Crippen MR) is 56.1 cm³/mol. The molecule has 1 amide bonds. The molecule has 0 aromatic heterocycles. The minimum Gasteiger partial charge on any atom is -0.550 e. The van der Waals surface area contributed by atoms with Crippen LogP contribution in [-0.2, 0) is 19.6 Å². The van der Waals surface area contributed by atoms with Gasteiger partial charge in [-0.25, -0.2) is 13.6 Å². The van der Waals surface area contributed by atoms with Crippen molar-refractivity contribution in [3.05, 3.63) is 24.3 Å². The average molecular weight is 280 g/mol. The SMILES string of the molecule is NS(=O)(=O)c1ccc(NC(=O)CC(=O)[O-])cc1.[Na+]. The van der Waals surface area contributed by atoms with Crippen molar-refractivity contribution >= 4 is 27.6 Å². The molecule has 0 aliphatic carbocycles. The number of carbonyl (C=O) groups excluding carboxylic acids is 2. The number of benzene rings is 1. The quantitative estimate of drug-likeness (QED) is 0.423. The number of rotatable bonds is 4. The molecule has 7 nitrogen and oxygen atoms in total. The molecule has 0 unspecified atom stereocenters. The monoisotopic (exact) mass is 280 g/mol. The largest absolute Gasteiger partial charge is 1.00 e. The molecule has 0 bridgehead atoms. The zero-order valence-corrected chi connectivity index (χ0v) is 12.4. The maximum absolute atomic E-state index is 11.0. The molecule has 0 radical (unpaired) electrons. The van der Waals surface area contributed by atoms with Crippen LogP contribution in [0.1, 0.15) is 6.42 Å². The van der Waals surface area contributed by atoms with E-state index in [2.05, 4.69) is 5.32 Å². The molecule has 1 rings (SSSR count). The second-order valence-electron chi connectivity index (χ2n) is 3.17. The topological polar surface area (TPSA) is 129 Å².